The van der Waals surface area contributed by atoms with Crippen LogP contribution in [0.25, 0.3) is 0 Å². The first-order valence-corrected chi connectivity index (χ1v) is 8.10. The van der Waals surface area contributed by atoms with E-state index in [-0.39, 0.29) is 5.41 Å². The molecule has 2 rings (SSSR count). The van der Waals surface area contributed by atoms with Crippen molar-refractivity contribution in [2.45, 2.75) is 68.9 Å². The van der Waals surface area contributed by atoms with Gasteiger partial charge < -0.3 is 0 Å². The highest BCUT2D eigenvalue weighted by molar-refractivity contribution is 8.00. The standard InChI is InChI=1S/C17H26S/c1-13-8-10-15(11-9-13)18-16-7-5-6-14(12-16)17(2,3)4/h5-7,12-13,15H,8-11H2,1-4H3. The van der Waals surface area contributed by atoms with E-state index >= 15 is 0 Å². The van der Waals surface area contributed by atoms with Crippen LogP contribution in [-0.4, -0.2) is 5.25 Å². The summed E-state index contributed by atoms with van der Waals surface area (Å²) >= 11 is 2.10. The quantitative estimate of drug-likeness (QED) is 0.663. The Labute approximate surface area is 117 Å². The zero-order chi connectivity index (χ0) is 13.2. The second-order valence-corrected chi connectivity index (χ2v) is 8.15. The van der Waals surface area contributed by atoms with Gasteiger partial charge in [0.15, 0.2) is 0 Å². The Hall–Kier alpha value is -0.430. The summed E-state index contributed by atoms with van der Waals surface area (Å²) in [6, 6.07) is 9.14. The molecular weight excluding hydrogens is 236 g/mol. The minimum absolute atomic E-state index is 0.262. The highest BCUT2D eigenvalue weighted by Crippen LogP contribution is 2.36. The molecule has 0 aliphatic heterocycles. The van der Waals surface area contributed by atoms with Gasteiger partial charge in [0.1, 0.15) is 0 Å². The lowest BCUT2D eigenvalue weighted by Gasteiger charge is -2.26. The molecule has 0 N–H and O–H groups in total. The van der Waals surface area contributed by atoms with Crippen LogP contribution in [0.1, 0.15) is 58.9 Å². The van der Waals surface area contributed by atoms with Crippen molar-refractivity contribution in [1.29, 1.82) is 0 Å². The molecule has 1 heteroatoms. The van der Waals surface area contributed by atoms with Gasteiger partial charge in [0, 0.05) is 10.1 Å². The largest absolute Gasteiger partial charge is 0.123 e. The summed E-state index contributed by atoms with van der Waals surface area (Å²) in [7, 11) is 0. The highest BCUT2D eigenvalue weighted by Gasteiger charge is 2.20. The molecule has 1 aliphatic carbocycles. The van der Waals surface area contributed by atoms with E-state index in [1.807, 2.05) is 0 Å². The predicted molar refractivity (Wildman–Crippen MR) is 82.4 cm³/mol. The van der Waals surface area contributed by atoms with Gasteiger partial charge in [-0.15, -0.1) is 11.8 Å². The molecule has 0 radical (unpaired) electrons. The van der Waals surface area contributed by atoms with Crippen LogP contribution in [0.3, 0.4) is 0 Å². The van der Waals surface area contributed by atoms with Crippen LogP contribution in [0.2, 0.25) is 0 Å². The Balaban J connectivity index is 2.01. The van der Waals surface area contributed by atoms with Gasteiger partial charge in [-0.3, -0.25) is 0 Å². The molecule has 0 aromatic heterocycles. The first kappa shape index (κ1) is 14.0. The summed E-state index contributed by atoms with van der Waals surface area (Å²) in [5, 5.41) is 0.844. The van der Waals surface area contributed by atoms with Gasteiger partial charge in [-0.25, -0.2) is 0 Å². The van der Waals surface area contributed by atoms with Gasteiger partial charge in [-0.1, -0.05) is 39.8 Å². The third-order valence-corrected chi connectivity index (χ3v) is 5.30. The third-order valence-electron chi connectivity index (χ3n) is 3.97. The van der Waals surface area contributed by atoms with Crippen molar-refractivity contribution in [3.63, 3.8) is 0 Å². The molecule has 0 bridgehead atoms. The van der Waals surface area contributed by atoms with Gasteiger partial charge in [0.25, 0.3) is 0 Å². The lowest BCUT2D eigenvalue weighted by atomic mass is 9.87. The number of thioether (sulfide) groups is 1. The molecule has 1 aromatic carbocycles. The maximum Gasteiger partial charge on any atom is 0.00946 e. The van der Waals surface area contributed by atoms with Crippen LogP contribution < -0.4 is 0 Å². The molecule has 0 atom stereocenters. The molecule has 0 unspecified atom stereocenters. The summed E-state index contributed by atoms with van der Waals surface area (Å²) in [5.41, 5.74) is 1.72. The molecule has 1 saturated carbocycles. The molecule has 1 aromatic rings. The second-order valence-electron chi connectivity index (χ2n) is 6.78. The third kappa shape index (κ3) is 3.78. The molecular formula is C17H26S. The average Bonchev–Trinajstić information content (AvgIpc) is 2.31. The van der Waals surface area contributed by atoms with Crippen molar-refractivity contribution in [3.8, 4) is 0 Å². The fourth-order valence-electron chi connectivity index (χ4n) is 2.58. The second kappa shape index (κ2) is 5.69. The van der Waals surface area contributed by atoms with Gasteiger partial charge in [-0.05, 0) is 54.7 Å². The normalized spacial score (nSPS) is 25.1. The Kier molecular flexibility index (Phi) is 4.42. The summed E-state index contributed by atoms with van der Waals surface area (Å²) in [5.74, 6) is 0.947. The van der Waals surface area contributed by atoms with Gasteiger partial charge >= 0.3 is 0 Å². The minimum atomic E-state index is 0.262. The Morgan fingerprint density at radius 2 is 1.72 bits per heavy atom. The fraction of sp³-hybridized carbons (Fsp3) is 0.647. The monoisotopic (exact) mass is 262 g/mol. The zero-order valence-electron chi connectivity index (χ0n) is 12.2. The van der Waals surface area contributed by atoms with Crippen molar-refractivity contribution in [1.82, 2.24) is 0 Å². The van der Waals surface area contributed by atoms with Crippen LogP contribution in [0, 0.1) is 5.92 Å². The Bertz CT molecular complexity index is 381. The Morgan fingerprint density at radius 3 is 2.33 bits per heavy atom. The summed E-state index contributed by atoms with van der Waals surface area (Å²) in [6.45, 7) is 9.26. The lowest BCUT2D eigenvalue weighted by Crippen LogP contribution is -2.14. The average molecular weight is 262 g/mol. The van der Waals surface area contributed by atoms with Crippen LogP contribution in [0.4, 0.5) is 0 Å². The first-order chi connectivity index (χ1) is 8.45. The minimum Gasteiger partial charge on any atom is -0.123 e. The van der Waals surface area contributed by atoms with E-state index in [2.05, 4.69) is 63.7 Å². The topological polar surface area (TPSA) is 0 Å². The van der Waals surface area contributed by atoms with Crippen molar-refractivity contribution >= 4 is 11.8 Å². The first-order valence-electron chi connectivity index (χ1n) is 7.22. The molecule has 0 amide bonds. The van der Waals surface area contributed by atoms with E-state index in [4.69, 9.17) is 0 Å². The summed E-state index contributed by atoms with van der Waals surface area (Å²) in [6.07, 6.45) is 5.62. The van der Waals surface area contributed by atoms with Crippen LogP contribution >= 0.6 is 11.8 Å². The van der Waals surface area contributed by atoms with Crippen molar-refractivity contribution in [2.75, 3.05) is 0 Å². The number of hydrogen-bond donors (Lipinski definition) is 0. The van der Waals surface area contributed by atoms with Crippen molar-refractivity contribution in [3.05, 3.63) is 29.8 Å². The van der Waals surface area contributed by atoms with Crippen LogP contribution in [0.15, 0.2) is 29.2 Å². The fourth-order valence-corrected chi connectivity index (χ4v) is 3.82. The zero-order valence-corrected chi connectivity index (χ0v) is 13.0. The van der Waals surface area contributed by atoms with Gasteiger partial charge in [-0.2, -0.15) is 0 Å². The lowest BCUT2D eigenvalue weighted by molar-refractivity contribution is 0.393. The van der Waals surface area contributed by atoms with Gasteiger partial charge in [0.05, 0.1) is 0 Å². The number of rotatable bonds is 2. The van der Waals surface area contributed by atoms with E-state index in [9.17, 15) is 0 Å². The van der Waals surface area contributed by atoms with Crippen molar-refractivity contribution < 1.29 is 0 Å². The molecule has 0 spiro atoms. The maximum atomic E-state index is 2.39. The molecule has 0 saturated heterocycles. The van der Waals surface area contributed by atoms with Gasteiger partial charge in [0.2, 0.25) is 0 Å². The molecule has 1 fully saturated rings. The molecule has 1 aliphatic rings. The van der Waals surface area contributed by atoms with Crippen LogP contribution in [0.5, 0.6) is 0 Å². The summed E-state index contributed by atoms with van der Waals surface area (Å²) < 4.78 is 0. The van der Waals surface area contributed by atoms with Crippen LogP contribution in [-0.2, 0) is 5.41 Å². The molecule has 0 nitrogen and oxygen atoms in total. The van der Waals surface area contributed by atoms with E-state index in [0.29, 0.717) is 0 Å². The molecule has 0 heterocycles. The van der Waals surface area contributed by atoms with E-state index in [1.54, 1.807) is 0 Å². The Morgan fingerprint density at radius 1 is 1.06 bits per heavy atom. The molecule has 100 valence electrons. The SMILES string of the molecule is CC1CCC(Sc2cccc(C(C)(C)C)c2)CC1. The smallest absolute Gasteiger partial charge is 0.00946 e. The van der Waals surface area contributed by atoms with E-state index < -0.39 is 0 Å². The predicted octanol–water partition coefficient (Wildman–Crippen LogP) is 5.65. The van der Waals surface area contributed by atoms with Crippen molar-refractivity contribution in [2.24, 2.45) is 5.92 Å². The molecule has 18 heavy (non-hydrogen) atoms. The maximum absolute atomic E-state index is 2.39. The number of benzene rings is 1. The van der Waals surface area contributed by atoms with E-state index in [0.717, 1.165) is 11.2 Å². The summed E-state index contributed by atoms with van der Waals surface area (Å²) in [4.78, 5) is 1.46. The number of hydrogen-bond acceptors (Lipinski definition) is 1. The van der Waals surface area contributed by atoms with E-state index in [1.165, 1.54) is 36.1 Å². The highest BCUT2D eigenvalue weighted by atomic mass is 32.2.